The Morgan fingerprint density at radius 2 is 1.96 bits per heavy atom. The summed E-state index contributed by atoms with van der Waals surface area (Å²) in [7, 11) is 0. The number of fused-ring (bicyclic) bond motifs is 1. The fraction of sp³-hybridized carbons (Fsp3) is 0.158. The van der Waals surface area contributed by atoms with Crippen LogP contribution in [0.25, 0.3) is 11.3 Å². The van der Waals surface area contributed by atoms with Crippen LogP contribution >= 0.6 is 11.3 Å². The second-order valence-electron chi connectivity index (χ2n) is 5.79. The van der Waals surface area contributed by atoms with E-state index in [1.165, 1.54) is 0 Å². The van der Waals surface area contributed by atoms with Gasteiger partial charge in [0.25, 0.3) is 11.5 Å². The lowest BCUT2D eigenvalue weighted by Gasteiger charge is -2.18. The van der Waals surface area contributed by atoms with Gasteiger partial charge in [-0.25, -0.2) is 0 Å². The van der Waals surface area contributed by atoms with Crippen LogP contribution in [0.3, 0.4) is 0 Å². The fourth-order valence-corrected chi connectivity index (χ4v) is 3.37. The van der Waals surface area contributed by atoms with Crippen LogP contribution in [0.15, 0.2) is 52.0 Å². The maximum absolute atomic E-state index is 12.3. The molecule has 0 unspecified atom stereocenters. The highest BCUT2D eigenvalue weighted by Gasteiger charge is 2.14. The first-order chi connectivity index (χ1) is 12.7. The van der Waals surface area contributed by atoms with Crippen molar-refractivity contribution in [1.82, 2.24) is 10.3 Å². The van der Waals surface area contributed by atoms with Crippen molar-refractivity contribution in [1.29, 1.82) is 0 Å². The number of benzene rings is 1. The van der Waals surface area contributed by atoms with E-state index in [9.17, 15) is 9.59 Å². The Labute approximate surface area is 153 Å². The summed E-state index contributed by atoms with van der Waals surface area (Å²) in [6, 6.07) is 10.7. The van der Waals surface area contributed by atoms with Crippen LogP contribution in [0.2, 0.25) is 0 Å². The van der Waals surface area contributed by atoms with E-state index in [2.05, 4.69) is 10.3 Å². The van der Waals surface area contributed by atoms with E-state index in [0.717, 1.165) is 11.1 Å². The van der Waals surface area contributed by atoms with Crippen LogP contribution in [0.5, 0.6) is 11.5 Å². The van der Waals surface area contributed by atoms with Gasteiger partial charge in [-0.3, -0.25) is 9.59 Å². The molecule has 0 saturated heterocycles. The minimum absolute atomic E-state index is 0.0847. The van der Waals surface area contributed by atoms with Gasteiger partial charge in [-0.05, 0) is 41.3 Å². The summed E-state index contributed by atoms with van der Waals surface area (Å²) in [5.41, 5.74) is 2.17. The fourth-order valence-electron chi connectivity index (χ4n) is 2.71. The van der Waals surface area contributed by atoms with Crippen LogP contribution in [0, 0.1) is 0 Å². The standard InChI is InChI=1S/C19H16N2O4S/c22-18(14-2-3-15(21-19(14)23)13-5-8-26-11-13)20-10-12-1-4-16-17(9-12)25-7-6-24-16/h1-5,8-9,11H,6-7,10H2,(H,20,22)(H,21,23). The lowest BCUT2D eigenvalue weighted by atomic mass is 10.1. The third-order valence-corrected chi connectivity index (χ3v) is 4.73. The molecule has 0 spiro atoms. The molecule has 7 heteroatoms. The van der Waals surface area contributed by atoms with Gasteiger partial charge in [-0.2, -0.15) is 11.3 Å². The first-order valence-electron chi connectivity index (χ1n) is 8.13. The lowest BCUT2D eigenvalue weighted by molar-refractivity contribution is 0.0949. The van der Waals surface area contributed by atoms with Gasteiger partial charge >= 0.3 is 0 Å². The average Bonchev–Trinajstić information content (AvgIpc) is 3.20. The summed E-state index contributed by atoms with van der Waals surface area (Å²) in [6.45, 7) is 1.34. The molecule has 0 saturated carbocycles. The van der Waals surface area contributed by atoms with Gasteiger partial charge < -0.3 is 19.8 Å². The molecule has 26 heavy (non-hydrogen) atoms. The molecule has 0 fully saturated rings. The van der Waals surface area contributed by atoms with E-state index in [1.54, 1.807) is 23.5 Å². The number of amides is 1. The first-order valence-corrected chi connectivity index (χ1v) is 9.07. The van der Waals surface area contributed by atoms with Gasteiger partial charge in [-0.15, -0.1) is 0 Å². The summed E-state index contributed by atoms with van der Waals surface area (Å²) < 4.78 is 11.0. The van der Waals surface area contributed by atoms with Gasteiger partial charge in [0.15, 0.2) is 11.5 Å². The number of hydrogen-bond acceptors (Lipinski definition) is 5. The predicted molar refractivity (Wildman–Crippen MR) is 99.0 cm³/mol. The summed E-state index contributed by atoms with van der Waals surface area (Å²) in [4.78, 5) is 27.3. The maximum Gasteiger partial charge on any atom is 0.261 e. The molecule has 2 N–H and O–H groups in total. The number of pyridine rings is 1. The number of thiophene rings is 1. The van der Waals surface area contributed by atoms with Crippen molar-refractivity contribution in [2.45, 2.75) is 6.54 Å². The second kappa shape index (κ2) is 7.05. The number of carbonyl (C=O) groups excluding carboxylic acids is 1. The van der Waals surface area contributed by atoms with Crippen LogP contribution < -0.4 is 20.3 Å². The third-order valence-electron chi connectivity index (χ3n) is 4.05. The zero-order valence-electron chi connectivity index (χ0n) is 13.8. The van der Waals surface area contributed by atoms with Gasteiger partial charge in [-0.1, -0.05) is 6.07 Å². The van der Waals surface area contributed by atoms with Crippen molar-refractivity contribution in [2.24, 2.45) is 0 Å². The van der Waals surface area contributed by atoms with E-state index in [1.807, 2.05) is 35.0 Å². The third kappa shape index (κ3) is 3.34. The number of aromatic amines is 1. The van der Waals surface area contributed by atoms with Crippen molar-refractivity contribution < 1.29 is 14.3 Å². The number of aromatic nitrogens is 1. The molecule has 1 aliphatic rings. The minimum atomic E-state index is -0.419. The number of ether oxygens (including phenoxy) is 2. The van der Waals surface area contributed by atoms with E-state index < -0.39 is 11.5 Å². The molecule has 6 nitrogen and oxygen atoms in total. The van der Waals surface area contributed by atoms with E-state index in [0.29, 0.717) is 37.0 Å². The van der Waals surface area contributed by atoms with Gasteiger partial charge in [0.2, 0.25) is 0 Å². The van der Waals surface area contributed by atoms with Crippen LogP contribution in [0.4, 0.5) is 0 Å². The van der Waals surface area contributed by atoms with Crippen molar-refractivity contribution in [3.8, 4) is 22.8 Å². The molecule has 1 aromatic carbocycles. The Morgan fingerprint density at radius 1 is 1.12 bits per heavy atom. The topological polar surface area (TPSA) is 80.4 Å². The summed E-state index contributed by atoms with van der Waals surface area (Å²) in [6.07, 6.45) is 0. The Hall–Kier alpha value is -3.06. The SMILES string of the molecule is O=C(NCc1ccc2c(c1)OCCO2)c1ccc(-c2ccsc2)[nH]c1=O. The highest BCUT2D eigenvalue weighted by atomic mass is 32.1. The monoisotopic (exact) mass is 368 g/mol. The molecular weight excluding hydrogens is 352 g/mol. The normalized spacial score (nSPS) is 12.6. The molecule has 1 aliphatic heterocycles. The Kier molecular flexibility index (Phi) is 4.45. The quantitative estimate of drug-likeness (QED) is 0.742. The number of nitrogens with one attached hydrogen (secondary N) is 2. The number of hydrogen-bond donors (Lipinski definition) is 2. The second-order valence-corrected chi connectivity index (χ2v) is 6.57. The first kappa shape index (κ1) is 16.4. The molecule has 132 valence electrons. The number of carbonyl (C=O) groups is 1. The van der Waals surface area contributed by atoms with Crippen LogP contribution in [0.1, 0.15) is 15.9 Å². The molecule has 2 aromatic heterocycles. The van der Waals surface area contributed by atoms with E-state index in [4.69, 9.17) is 9.47 Å². The van der Waals surface area contributed by atoms with Crippen molar-refractivity contribution >= 4 is 17.2 Å². The Morgan fingerprint density at radius 3 is 2.73 bits per heavy atom. The Bertz CT molecular complexity index is 995. The summed E-state index contributed by atoms with van der Waals surface area (Å²) in [5, 5.41) is 6.63. The molecule has 3 heterocycles. The molecule has 3 aromatic rings. The largest absolute Gasteiger partial charge is 0.486 e. The number of H-pyrrole nitrogens is 1. The zero-order chi connectivity index (χ0) is 17.9. The average molecular weight is 368 g/mol. The molecule has 1 amide bonds. The van der Waals surface area contributed by atoms with Gasteiger partial charge in [0.05, 0.1) is 0 Å². The molecule has 4 rings (SSSR count). The van der Waals surface area contributed by atoms with Gasteiger partial charge in [0, 0.05) is 23.2 Å². The van der Waals surface area contributed by atoms with E-state index >= 15 is 0 Å². The van der Waals surface area contributed by atoms with Crippen molar-refractivity contribution in [2.75, 3.05) is 13.2 Å². The predicted octanol–water partition coefficient (Wildman–Crippen LogP) is 2.80. The summed E-state index contributed by atoms with van der Waals surface area (Å²) in [5.74, 6) is 0.950. The van der Waals surface area contributed by atoms with Crippen LogP contribution in [-0.2, 0) is 6.54 Å². The van der Waals surface area contributed by atoms with Crippen molar-refractivity contribution in [3.05, 3.63) is 68.6 Å². The van der Waals surface area contributed by atoms with Crippen LogP contribution in [-0.4, -0.2) is 24.1 Å². The van der Waals surface area contributed by atoms with E-state index in [-0.39, 0.29) is 5.56 Å². The molecule has 0 bridgehead atoms. The zero-order valence-corrected chi connectivity index (χ0v) is 14.6. The maximum atomic E-state index is 12.3. The Balaban J connectivity index is 1.46. The molecule has 0 radical (unpaired) electrons. The summed E-state index contributed by atoms with van der Waals surface area (Å²) >= 11 is 1.55. The molecule has 0 atom stereocenters. The highest BCUT2D eigenvalue weighted by Crippen LogP contribution is 2.30. The van der Waals surface area contributed by atoms with Crippen molar-refractivity contribution in [3.63, 3.8) is 0 Å². The lowest BCUT2D eigenvalue weighted by Crippen LogP contribution is -2.29. The minimum Gasteiger partial charge on any atom is -0.486 e. The number of rotatable bonds is 4. The molecular formula is C19H16N2O4S. The highest BCUT2D eigenvalue weighted by molar-refractivity contribution is 7.08. The van der Waals surface area contributed by atoms with Gasteiger partial charge in [0.1, 0.15) is 18.8 Å². The molecule has 0 aliphatic carbocycles. The smallest absolute Gasteiger partial charge is 0.261 e.